The molecule has 0 fully saturated rings. The second-order valence-corrected chi connectivity index (χ2v) is 8.42. The summed E-state index contributed by atoms with van der Waals surface area (Å²) in [6.45, 7) is 4.00. The van der Waals surface area contributed by atoms with Crippen LogP contribution in [0.15, 0.2) is 48.7 Å². The van der Waals surface area contributed by atoms with Crippen LogP contribution >= 0.6 is 0 Å². The van der Waals surface area contributed by atoms with E-state index in [1.165, 1.54) is 12.1 Å². The molecule has 1 atom stereocenters. The number of rotatable bonds is 4. The molecule has 0 amide bonds. The lowest BCUT2D eigenvalue weighted by atomic mass is 9.92. The number of halogens is 2. The van der Waals surface area contributed by atoms with Gasteiger partial charge in [0.2, 0.25) is 0 Å². The fourth-order valence-electron chi connectivity index (χ4n) is 3.83. The van der Waals surface area contributed by atoms with Gasteiger partial charge < -0.3 is 10.4 Å². The second-order valence-electron chi connectivity index (χ2n) is 8.42. The molecular formula is C25H25F2N3O. The van der Waals surface area contributed by atoms with Crippen LogP contribution in [0.2, 0.25) is 0 Å². The Balaban J connectivity index is 1.47. The monoisotopic (exact) mass is 421 g/mol. The van der Waals surface area contributed by atoms with Crippen LogP contribution in [0.5, 0.6) is 0 Å². The summed E-state index contributed by atoms with van der Waals surface area (Å²) in [6.07, 6.45) is 4.56. The molecule has 0 radical (unpaired) electrons. The minimum Gasteiger partial charge on any atom is -0.378 e. The van der Waals surface area contributed by atoms with Gasteiger partial charge in [-0.2, -0.15) is 5.10 Å². The molecule has 1 aliphatic rings. The molecular weight excluding hydrogens is 396 g/mol. The highest BCUT2D eigenvalue weighted by Gasteiger charge is 2.24. The van der Waals surface area contributed by atoms with Crippen molar-refractivity contribution in [3.63, 3.8) is 0 Å². The smallest absolute Gasteiger partial charge is 0.128 e. The van der Waals surface area contributed by atoms with Crippen LogP contribution in [0.1, 0.15) is 55.1 Å². The topological polar surface area (TPSA) is 50.1 Å². The van der Waals surface area contributed by atoms with E-state index in [1.54, 1.807) is 24.7 Å². The van der Waals surface area contributed by atoms with Crippen molar-refractivity contribution in [3.8, 4) is 17.5 Å². The van der Waals surface area contributed by atoms with Crippen molar-refractivity contribution in [1.29, 1.82) is 0 Å². The zero-order valence-electron chi connectivity index (χ0n) is 17.6. The Morgan fingerprint density at radius 3 is 2.55 bits per heavy atom. The van der Waals surface area contributed by atoms with Gasteiger partial charge in [0.25, 0.3) is 0 Å². The third-order valence-corrected chi connectivity index (χ3v) is 5.29. The predicted molar refractivity (Wildman–Crippen MR) is 116 cm³/mol. The van der Waals surface area contributed by atoms with E-state index in [1.807, 2.05) is 24.3 Å². The van der Waals surface area contributed by atoms with E-state index >= 15 is 0 Å². The number of aromatic nitrogens is 2. The van der Waals surface area contributed by atoms with Crippen molar-refractivity contribution in [1.82, 2.24) is 15.1 Å². The Hall–Kier alpha value is -3.01. The molecule has 31 heavy (non-hydrogen) atoms. The first-order valence-corrected chi connectivity index (χ1v) is 10.4. The summed E-state index contributed by atoms with van der Waals surface area (Å²) >= 11 is 0. The summed E-state index contributed by atoms with van der Waals surface area (Å²) in [7, 11) is 0. The molecule has 4 nitrogen and oxygen atoms in total. The van der Waals surface area contributed by atoms with Gasteiger partial charge in [0.05, 0.1) is 11.9 Å². The summed E-state index contributed by atoms with van der Waals surface area (Å²) in [5.41, 5.74) is 3.44. The van der Waals surface area contributed by atoms with Crippen LogP contribution in [0, 0.1) is 23.5 Å². The van der Waals surface area contributed by atoms with Gasteiger partial charge >= 0.3 is 0 Å². The van der Waals surface area contributed by atoms with Crippen molar-refractivity contribution in [2.75, 3.05) is 0 Å². The van der Waals surface area contributed by atoms with E-state index < -0.39 is 17.2 Å². The fourth-order valence-corrected chi connectivity index (χ4v) is 3.83. The number of fused-ring (bicyclic) bond motifs is 1. The van der Waals surface area contributed by atoms with Gasteiger partial charge in [-0.05, 0) is 62.9 Å². The van der Waals surface area contributed by atoms with Crippen LogP contribution in [0.4, 0.5) is 8.78 Å². The first-order valence-electron chi connectivity index (χ1n) is 10.4. The summed E-state index contributed by atoms with van der Waals surface area (Å²) in [5.74, 6) is 4.56. The first kappa shape index (κ1) is 21.2. The number of hydrogen-bond donors (Lipinski definition) is 2. The molecule has 4 rings (SSSR count). The molecule has 0 aliphatic heterocycles. The van der Waals surface area contributed by atoms with Gasteiger partial charge in [0.15, 0.2) is 0 Å². The molecule has 6 heteroatoms. The quantitative estimate of drug-likeness (QED) is 0.613. The Kier molecular flexibility index (Phi) is 5.90. The second kappa shape index (κ2) is 8.62. The Labute approximate surface area is 180 Å². The minimum atomic E-state index is -1.01. The number of nitrogens with zero attached hydrogens (tertiary/aromatic N) is 2. The molecule has 0 saturated heterocycles. The lowest BCUT2D eigenvalue weighted by Gasteiger charge is -2.24. The highest BCUT2D eigenvalue weighted by atomic mass is 19.1. The van der Waals surface area contributed by atoms with E-state index in [9.17, 15) is 13.9 Å². The van der Waals surface area contributed by atoms with Gasteiger partial charge in [0, 0.05) is 35.5 Å². The zero-order chi connectivity index (χ0) is 22.0. The average Bonchev–Trinajstić information content (AvgIpc) is 3.15. The van der Waals surface area contributed by atoms with E-state index in [0.29, 0.717) is 12.2 Å². The summed E-state index contributed by atoms with van der Waals surface area (Å²) in [5, 5.41) is 17.7. The maximum absolute atomic E-state index is 13.7. The molecule has 1 aromatic heterocycles. The molecule has 0 saturated carbocycles. The lowest BCUT2D eigenvalue weighted by molar-refractivity contribution is 0.143. The summed E-state index contributed by atoms with van der Waals surface area (Å²) in [4.78, 5) is 0. The van der Waals surface area contributed by atoms with E-state index in [2.05, 4.69) is 22.3 Å². The highest BCUT2D eigenvalue weighted by Crippen LogP contribution is 2.31. The SMILES string of the molecule is CC(C)(O)C#Cc1ccc(CNC2CCCc3c2cnn3-c2cc(F)cc(F)c2)cc1. The molecule has 3 aromatic rings. The van der Waals surface area contributed by atoms with Gasteiger partial charge in [-0.15, -0.1) is 0 Å². The van der Waals surface area contributed by atoms with Crippen molar-refractivity contribution >= 4 is 0 Å². The van der Waals surface area contributed by atoms with Crippen LogP contribution in [-0.4, -0.2) is 20.5 Å². The van der Waals surface area contributed by atoms with Crippen LogP contribution in [-0.2, 0) is 13.0 Å². The van der Waals surface area contributed by atoms with E-state index in [4.69, 9.17) is 0 Å². The van der Waals surface area contributed by atoms with Gasteiger partial charge in [-0.25, -0.2) is 13.5 Å². The van der Waals surface area contributed by atoms with Crippen molar-refractivity contribution in [2.45, 2.75) is 51.3 Å². The average molecular weight is 421 g/mol. The van der Waals surface area contributed by atoms with Crippen LogP contribution < -0.4 is 5.32 Å². The molecule has 2 aromatic carbocycles. The molecule has 1 aliphatic carbocycles. The Morgan fingerprint density at radius 2 is 1.87 bits per heavy atom. The highest BCUT2D eigenvalue weighted by molar-refractivity contribution is 5.39. The molecule has 0 bridgehead atoms. The normalized spacial score (nSPS) is 15.8. The van der Waals surface area contributed by atoms with Crippen molar-refractivity contribution in [2.24, 2.45) is 0 Å². The molecule has 160 valence electrons. The standard InChI is InChI=1S/C25H25F2N3O/c1-25(2,31)11-10-17-6-8-18(9-7-17)15-28-23-4-3-5-24-22(23)16-29-30(24)21-13-19(26)12-20(27)14-21/h6-9,12-14,16,23,28,31H,3-5,15H2,1-2H3. The fraction of sp³-hybridized carbons (Fsp3) is 0.320. The van der Waals surface area contributed by atoms with Gasteiger partial charge in [0.1, 0.15) is 17.2 Å². The third-order valence-electron chi connectivity index (χ3n) is 5.29. The summed E-state index contributed by atoms with van der Waals surface area (Å²) in [6, 6.07) is 11.5. The van der Waals surface area contributed by atoms with Crippen molar-refractivity contribution < 1.29 is 13.9 Å². The number of aliphatic hydroxyl groups is 1. The van der Waals surface area contributed by atoms with E-state index in [-0.39, 0.29) is 6.04 Å². The third kappa shape index (κ3) is 5.19. The minimum absolute atomic E-state index is 0.130. The largest absolute Gasteiger partial charge is 0.378 e. The predicted octanol–water partition coefficient (Wildman–Crippen LogP) is 4.44. The van der Waals surface area contributed by atoms with Crippen molar-refractivity contribution in [3.05, 3.63) is 82.7 Å². The summed E-state index contributed by atoms with van der Waals surface area (Å²) < 4.78 is 29.0. The van der Waals surface area contributed by atoms with E-state index in [0.717, 1.165) is 47.7 Å². The maximum atomic E-state index is 13.7. The number of nitrogens with one attached hydrogen (secondary N) is 1. The Morgan fingerprint density at radius 1 is 1.16 bits per heavy atom. The molecule has 1 unspecified atom stereocenters. The maximum Gasteiger partial charge on any atom is 0.128 e. The van der Waals surface area contributed by atoms with Crippen LogP contribution in [0.3, 0.4) is 0 Å². The molecule has 0 spiro atoms. The number of hydrogen-bond acceptors (Lipinski definition) is 3. The lowest BCUT2D eigenvalue weighted by Crippen LogP contribution is -2.25. The zero-order valence-corrected chi connectivity index (χ0v) is 17.6. The molecule has 2 N–H and O–H groups in total. The van der Waals surface area contributed by atoms with Gasteiger partial charge in [-0.1, -0.05) is 24.0 Å². The molecule has 1 heterocycles. The number of benzene rings is 2. The van der Waals surface area contributed by atoms with Gasteiger partial charge in [-0.3, -0.25) is 0 Å². The first-order chi connectivity index (χ1) is 14.8. The van der Waals surface area contributed by atoms with Crippen LogP contribution in [0.25, 0.3) is 5.69 Å². The Bertz CT molecular complexity index is 1110.